The zero-order chi connectivity index (χ0) is 15.4. The number of carbonyl (C=O) groups excluding carboxylic acids is 1. The topological polar surface area (TPSA) is 63.1 Å². The maximum absolute atomic E-state index is 12.1. The van der Waals surface area contributed by atoms with E-state index in [1.807, 2.05) is 18.2 Å². The summed E-state index contributed by atoms with van der Waals surface area (Å²) < 4.78 is 1.54. The molecule has 3 heterocycles. The van der Waals surface area contributed by atoms with Gasteiger partial charge in [-0.25, -0.2) is 4.98 Å². The molecule has 3 rings (SSSR count). The smallest absolute Gasteiger partial charge is 0.242 e. The van der Waals surface area contributed by atoms with Gasteiger partial charge in [0, 0.05) is 31.5 Å². The predicted octanol–water partition coefficient (Wildman–Crippen LogP) is 1.72. The number of piperidine rings is 1. The monoisotopic (exact) mass is 319 g/mol. The predicted molar refractivity (Wildman–Crippen MR) is 84.9 cm³/mol. The number of aromatic nitrogens is 3. The number of nitrogens with zero attached hydrogens (tertiary/aromatic N) is 4. The number of hydrogen-bond acceptors (Lipinski definition) is 4. The molecule has 1 amide bonds. The van der Waals surface area contributed by atoms with Gasteiger partial charge < -0.3 is 10.2 Å². The maximum Gasteiger partial charge on any atom is 0.242 e. The van der Waals surface area contributed by atoms with Gasteiger partial charge in [-0.1, -0.05) is 17.7 Å². The largest absolute Gasteiger partial charge is 0.355 e. The first kappa shape index (κ1) is 14.8. The Morgan fingerprint density at radius 1 is 1.45 bits per heavy atom. The number of carbonyl (C=O) groups is 1. The lowest BCUT2D eigenvalue weighted by Gasteiger charge is -2.33. The van der Waals surface area contributed by atoms with Crippen molar-refractivity contribution in [1.29, 1.82) is 0 Å². The minimum Gasteiger partial charge on any atom is -0.355 e. The molecule has 7 heteroatoms. The number of nitrogens with one attached hydrogen (secondary N) is 1. The molecule has 1 saturated heterocycles. The highest BCUT2D eigenvalue weighted by atomic mass is 35.5. The third kappa shape index (κ3) is 3.76. The molecule has 116 valence electrons. The van der Waals surface area contributed by atoms with Crippen molar-refractivity contribution in [1.82, 2.24) is 20.1 Å². The van der Waals surface area contributed by atoms with Crippen LogP contribution in [-0.2, 0) is 11.3 Å². The number of pyridine rings is 1. The van der Waals surface area contributed by atoms with Crippen LogP contribution in [0.1, 0.15) is 12.8 Å². The van der Waals surface area contributed by atoms with Gasteiger partial charge in [-0.15, -0.1) is 0 Å². The molecule has 22 heavy (non-hydrogen) atoms. The van der Waals surface area contributed by atoms with Crippen molar-refractivity contribution in [2.24, 2.45) is 0 Å². The van der Waals surface area contributed by atoms with E-state index in [-0.39, 0.29) is 18.5 Å². The van der Waals surface area contributed by atoms with Crippen molar-refractivity contribution >= 4 is 23.3 Å². The van der Waals surface area contributed by atoms with Crippen molar-refractivity contribution in [3.05, 3.63) is 41.8 Å². The van der Waals surface area contributed by atoms with Crippen molar-refractivity contribution in [2.75, 3.05) is 18.0 Å². The summed E-state index contributed by atoms with van der Waals surface area (Å²) in [5.74, 6) is 0.910. The molecule has 1 atom stereocenters. The Kier molecular flexibility index (Phi) is 4.58. The summed E-state index contributed by atoms with van der Waals surface area (Å²) in [5.41, 5.74) is 0. The fourth-order valence-corrected chi connectivity index (χ4v) is 2.85. The molecule has 0 radical (unpaired) electrons. The van der Waals surface area contributed by atoms with Crippen LogP contribution in [-0.4, -0.2) is 39.8 Å². The van der Waals surface area contributed by atoms with E-state index < -0.39 is 0 Å². The second-order valence-electron chi connectivity index (χ2n) is 5.40. The van der Waals surface area contributed by atoms with Gasteiger partial charge in [0.15, 0.2) is 0 Å². The summed E-state index contributed by atoms with van der Waals surface area (Å²) in [6.45, 7) is 1.94. The van der Waals surface area contributed by atoms with Crippen molar-refractivity contribution < 1.29 is 4.79 Å². The van der Waals surface area contributed by atoms with E-state index in [1.165, 1.54) is 10.9 Å². The molecule has 1 unspecified atom stereocenters. The molecule has 2 aromatic rings. The first-order valence-electron chi connectivity index (χ1n) is 7.34. The highest BCUT2D eigenvalue weighted by molar-refractivity contribution is 6.30. The lowest BCUT2D eigenvalue weighted by Crippen LogP contribution is -2.48. The van der Waals surface area contributed by atoms with Gasteiger partial charge in [-0.3, -0.25) is 9.48 Å². The molecule has 6 nitrogen and oxygen atoms in total. The fourth-order valence-electron chi connectivity index (χ4n) is 2.69. The van der Waals surface area contributed by atoms with Gasteiger partial charge in [-0.05, 0) is 25.0 Å². The maximum atomic E-state index is 12.1. The molecule has 2 aromatic heterocycles. The average molecular weight is 320 g/mol. The van der Waals surface area contributed by atoms with Crippen LogP contribution in [0.15, 0.2) is 36.8 Å². The third-order valence-electron chi connectivity index (χ3n) is 3.67. The zero-order valence-electron chi connectivity index (χ0n) is 12.2. The number of halogens is 1. The highest BCUT2D eigenvalue weighted by Gasteiger charge is 2.22. The molecule has 1 fully saturated rings. The molecule has 1 aliphatic heterocycles. The summed E-state index contributed by atoms with van der Waals surface area (Å²) >= 11 is 5.79. The van der Waals surface area contributed by atoms with E-state index in [0.29, 0.717) is 5.02 Å². The molecule has 0 aromatic carbocycles. The van der Waals surface area contributed by atoms with Gasteiger partial charge in [0.2, 0.25) is 5.91 Å². The van der Waals surface area contributed by atoms with Crippen LogP contribution in [0.2, 0.25) is 5.02 Å². The van der Waals surface area contributed by atoms with E-state index in [2.05, 4.69) is 20.3 Å². The SMILES string of the molecule is O=C(Cn1cc(Cl)cn1)NC1CCCN(c2ccccn2)C1. The summed E-state index contributed by atoms with van der Waals surface area (Å²) in [4.78, 5) is 18.7. The van der Waals surface area contributed by atoms with E-state index in [0.717, 1.165) is 31.7 Å². The quantitative estimate of drug-likeness (QED) is 0.932. The van der Waals surface area contributed by atoms with Gasteiger partial charge in [0.1, 0.15) is 12.4 Å². The Bertz CT molecular complexity index is 630. The summed E-state index contributed by atoms with van der Waals surface area (Å²) in [5, 5.41) is 7.61. The molecular formula is C15H18ClN5O. The number of hydrogen-bond donors (Lipinski definition) is 1. The van der Waals surface area contributed by atoms with E-state index >= 15 is 0 Å². The van der Waals surface area contributed by atoms with Crippen LogP contribution < -0.4 is 10.2 Å². The van der Waals surface area contributed by atoms with E-state index in [1.54, 1.807) is 12.4 Å². The minimum atomic E-state index is -0.0485. The Balaban J connectivity index is 1.55. The third-order valence-corrected chi connectivity index (χ3v) is 3.86. The zero-order valence-corrected chi connectivity index (χ0v) is 12.9. The van der Waals surface area contributed by atoms with Crippen LogP contribution in [0.25, 0.3) is 0 Å². The van der Waals surface area contributed by atoms with Crippen LogP contribution in [0.4, 0.5) is 5.82 Å². The van der Waals surface area contributed by atoms with Crippen molar-refractivity contribution in [2.45, 2.75) is 25.4 Å². The Morgan fingerprint density at radius 3 is 3.09 bits per heavy atom. The van der Waals surface area contributed by atoms with Crippen molar-refractivity contribution in [3.63, 3.8) is 0 Å². The Labute approximate surface area is 134 Å². The lowest BCUT2D eigenvalue weighted by molar-refractivity contribution is -0.122. The van der Waals surface area contributed by atoms with Crippen LogP contribution in [0.3, 0.4) is 0 Å². The Hall–Kier alpha value is -2.08. The molecule has 0 saturated carbocycles. The molecule has 1 N–H and O–H groups in total. The van der Waals surface area contributed by atoms with E-state index in [9.17, 15) is 4.79 Å². The van der Waals surface area contributed by atoms with E-state index in [4.69, 9.17) is 11.6 Å². The number of rotatable bonds is 4. The minimum absolute atomic E-state index is 0.0485. The normalized spacial score (nSPS) is 18.2. The molecule has 1 aliphatic rings. The van der Waals surface area contributed by atoms with Gasteiger partial charge in [0.25, 0.3) is 0 Å². The Morgan fingerprint density at radius 2 is 2.36 bits per heavy atom. The van der Waals surface area contributed by atoms with Crippen LogP contribution in [0, 0.1) is 0 Å². The summed E-state index contributed by atoms with van der Waals surface area (Å²) in [7, 11) is 0. The number of anilines is 1. The average Bonchev–Trinajstić information content (AvgIpc) is 2.93. The molecule has 0 spiro atoms. The van der Waals surface area contributed by atoms with Gasteiger partial charge in [0.05, 0.1) is 11.2 Å². The second-order valence-corrected chi connectivity index (χ2v) is 5.83. The van der Waals surface area contributed by atoms with Gasteiger partial charge in [-0.2, -0.15) is 5.10 Å². The van der Waals surface area contributed by atoms with Crippen LogP contribution in [0.5, 0.6) is 0 Å². The fraction of sp³-hybridized carbons (Fsp3) is 0.400. The first-order valence-corrected chi connectivity index (χ1v) is 7.72. The molecule has 0 bridgehead atoms. The highest BCUT2D eigenvalue weighted by Crippen LogP contribution is 2.17. The van der Waals surface area contributed by atoms with Crippen LogP contribution >= 0.6 is 11.6 Å². The summed E-state index contributed by atoms with van der Waals surface area (Å²) in [6, 6.07) is 6.01. The lowest BCUT2D eigenvalue weighted by atomic mass is 10.1. The standard InChI is InChI=1S/C15H18ClN5O/c16-12-8-18-21(9-12)11-15(22)19-13-4-3-7-20(10-13)14-5-1-2-6-17-14/h1-2,5-6,8-9,13H,3-4,7,10-11H2,(H,19,22). The molecular weight excluding hydrogens is 302 g/mol. The summed E-state index contributed by atoms with van der Waals surface area (Å²) in [6.07, 6.45) is 6.98. The number of amides is 1. The second kappa shape index (κ2) is 6.79. The van der Waals surface area contributed by atoms with Crippen molar-refractivity contribution in [3.8, 4) is 0 Å². The first-order chi connectivity index (χ1) is 10.7. The molecule has 0 aliphatic carbocycles. The van der Waals surface area contributed by atoms with Gasteiger partial charge >= 0.3 is 0 Å².